The van der Waals surface area contributed by atoms with Gasteiger partial charge in [0.25, 0.3) is 0 Å². The Morgan fingerprint density at radius 1 is 1.10 bits per heavy atom. The third-order valence-corrected chi connectivity index (χ3v) is 2.95. The average molecular weight is 271 g/mol. The van der Waals surface area contributed by atoms with Crippen LogP contribution in [0, 0.1) is 0 Å². The highest BCUT2D eigenvalue weighted by Gasteiger charge is 1.99. The molecule has 2 rings (SSSR count). The van der Waals surface area contributed by atoms with Gasteiger partial charge in [0.05, 0.1) is 6.61 Å². The molecule has 4 nitrogen and oxygen atoms in total. The average Bonchev–Trinajstić information content (AvgIpc) is 2.48. The molecule has 0 saturated carbocycles. The van der Waals surface area contributed by atoms with E-state index in [1.54, 1.807) is 0 Å². The topological polar surface area (TPSA) is 60.2 Å². The molecule has 0 aliphatic rings. The van der Waals surface area contributed by atoms with E-state index >= 15 is 0 Å². The number of nitrogens with two attached hydrogens (primary N) is 1. The Kier molecular flexibility index (Phi) is 5.38. The summed E-state index contributed by atoms with van der Waals surface area (Å²) >= 11 is 0. The van der Waals surface area contributed by atoms with E-state index in [1.807, 2.05) is 25.1 Å². The number of rotatable bonds is 7. The molecular formula is C16H21N3O. The first kappa shape index (κ1) is 14.3. The van der Waals surface area contributed by atoms with Crippen LogP contribution in [0.1, 0.15) is 18.1 Å². The maximum Gasteiger partial charge on any atom is 0.215 e. The lowest BCUT2D eigenvalue weighted by molar-refractivity contribution is 0.327. The molecule has 1 aromatic carbocycles. The summed E-state index contributed by atoms with van der Waals surface area (Å²) in [4.78, 5) is 4.37. The summed E-state index contributed by atoms with van der Waals surface area (Å²) in [5, 5.41) is 3.30. The van der Waals surface area contributed by atoms with Crippen molar-refractivity contribution in [3.63, 3.8) is 0 Å². The number of hydrogen-bond acceptors (Lipinski definition) is 4. The van der Waals surface area contributed by atoms with Crippen LogP contribution in [0.25, 0.3) is 0 Å². The van der Waals surface area contributed by atoms with E-state index in [0.717, 1.165) is 18.8 Å². The van der Waals surface area contributed by atoms with Gasteiger partial charge >= 0.3 is 0 Å². The molecule has 2 aromatic rings. The Labute approximate surface area is 120 Å². The third kappa shape index (κ3) is 4.24. The molecule has 1 aromatic heterocycles. The van der Waals surface area contributed by atoms with E-state index in [9.17, 15) is 0 Å². The third-order valence-electron chi connectivity index (χ3n) is 2.95. The predicted molar refractivity (Wildman–Crippen MR) is 81.9 cm³/mol. The molecule has 0 unspecified atom stereocenters. The fourth-order valence-electron chi connectivity index (χ4n) is 1.92. The lowest BCUT2D eigenvalue weighted by Crippen LogP contribution is -2.04. The van der Waals surface area contributed by atoms with E-state index in [1.165, 1.54) is 11.1 Å². The highest BCUT2D eigenvalue weighted by atomic mass is 16.5. The van der Waals surface area contributed by atoms with Crippen molar-refractivity contribution < 1.29 is 4.74 Å². The van der Waals surface area contributed by atoms with Gasteiger partial charge in [-0.25, -0.2) is 0 Å². The minimum atomic E-state index is 0.624. The number of hydrogen-bond donors (Lipinski definition) is 2. The van der Waals surface area contributed by atoms with Gasteiger partial charge in [-0.1, -0.05) is 30.3 Å². The van der Waals surface area contributed by atoms with Gasteiger partial charge in [0.15, 0.2) is 0 Å². The zero-order chi connectivity index (χ0) is 14.2. The van der Waals surface area contributed by atoms with Crippen LogP contribution in [-0.2, 0) is 13.0 Å². The van der Waals surface area contributed by atoms with Crippen molar-refractivity contribution in [3.8, 4) is 5.88 Å². The molecule has 0 amide bonds. The summed E-state index contributed by atoms with van der Waals surface area (Å²) in [7, 11) is 0. The van der Waals surface area contributed by atoms with Crippen molar-refractivity contribution in [2.24, 2.45) is 5.73 Å². The Morgan fingerprint density at radius 2 is 1.85 bits per heavy atom. The number of anilines is 1. The molecule has 0 saturated heterocycles. The second-order valence-corrected chi connectivity index (χ2v) is 4.50. The molecule has 0 atom stereocenters. The lowest BCUT2D eigenvalue weighted by Gasteiger charge is -2.08. The van der Waals surface area contributed by atoms with Gasteiger partial charge in [0.2, 0.25) is 5.88 Å². The van der Waals surface area contributed by atoms with Crippen molar-refractivity contribution in [2.45, 2.75) is 19.9 Å². The fraction of sp³-hybridized carbons (Fsp3) is 0.312. The molecule has 20 heavy (non-hydrogen) atoms. The highest BCUT2D eigenvalue weighted by Crippen LogP contribution is 2.13. The lowest BCUT2D eigenvalue weighted by atomic mass is 10.1. The first-order valence-corrected chi connectivity index (χ1v) is 6.93. The Morgan fingerprint density at radius 3 is 2.55 bits per heavy atom. The van der Waals surface area contributed by atoms with Crippen LogP contribution in [0.2, 0.25) is 0 Å². The van der Waals surface area contributed by atoms with Crippen LogP contribution < -0.4 is 15.8 Å². The molecule has 3 N–H and O–H groups in total. The fourth-order valence-corrected chi connectivity index (χ4v) is 1.92. The molecule has 1 heterocycles. The van der Waals surface area contributed by atoms with Gasteiger partial charge in [0.1, 0.15) is 5.82 Å². The molecule has 0 fully saturated rings. The van der Waals surface area contributed by atoms with Crippen LogP contribution in [0.5, 0.6) is 5.88 Å². The highest BCUT2D eigenvalue weighted by molar-refractivity contribution is 5.38. The quantitative estimate of drug-likeness (QED) is 0.812. The van der Waals surface area contributed by atoms with Crippen molar-refractivity contribution in [1.29, 1.82) is 0 Å². The minimum Gasteiger partial charge on any atom is -0.478 e. The van der Waals surface area contributed by atoms with Crippen molar-refractivity contribution in [2.75, 3.05) is 18.5 Å². The van der Waals surface area contributed by atoms with Crippen LogP contribution in [0.4, 0.5) is 5.82 Å². The maximum atomic E-state index is 5.54. The van der Waals surface area contributed by atoms with Crippen molar-refractivity contribution >= 4 is 5.82 Å². The van der Waals surface area contributed by atoms with Crippen LogP contribution in [0.3, 0.4) is 0 Å². The van der Waals surface area contributed by atoms with Crippen molar-refractivity contribution in [1.82, 2.24) is 4.98 Å². The molecule has 4 heteroatoms. The number of aromatic nitrogens is 1. The summed E-state index contributed by atoms with van der Waals surface area (Å²) in [6, 6.07) is 14.2. The van der Waals surface area contributed by atoms with E-state index in [4.69, 9.17) is 10.5 Å². The molecule has 0 aliphatic carbocycles. The molecule has 0 radical (unpaired) electrons. The summed E-state index contributed by atoms with van der Waals surface area (Å²) in [6.45, 7) is 4.00. The first-order chi connectivity index (χ1) is 9.81. The number of nitrogens with one attached hydrogen (secondary N) is 1. The van der Waals surface area contributed by atoms with E-state index < -0.39 is 0 Å². The van der Waals surface area contributed by atoms with Crippen LogP contribution >= 0.6 is 0 Å². The monoisotopic (exact) mass is 271 g/mol. The van der Waals surface area contributed by atoms with E-state index in [-0.39, 0.29) is 0 Å². The van der Waals surface area contributed by atoms with E-state index in [2.05, 4.69) is 34.6 Å². The molecular weight excluding hydrogens is 250 g/mol. The molecule has 0 bridgehead atoms. The normalized spacial score (nSPS) is 10.3. The molecule has 0 aliphatic heterocycles. The van der Waals surface area contributed by atoms with Gasteiger partial charge in [-0.2, -0.15) is 4.98 Å². The number of pyridine rings is 1. The summed E-state index contributed by atoms with van der Waals surface area (Å²) in [5.74, 6) is 1.47. The van der Waals surface area contributed by atoms with Gasteiger partial charge in [-0.15, -0.1) is 0 Å². The zero-order valence-corrected chi connectivity index (χ0v) is 11.8. The number of nitrogens with zero attached hydrogens (tertiary/aromatic N) is 1. The Hall–Kier alpha value is -2.07. The Balaban J connectivity index is 1.92. The largest absolute Gasteiger partial charge is 0.478 e. The number of ether oxygens (including phenoxy) is 1. The smallest absolute Gasteiger partial charge is 0.215 e. The standard InChI is InChI=1S/C16H21N3O/c1-2-20-16-5-3-4-15(19-16)18-12-14-8-6-13(7-9-14)10-11-17/h3-9H,2,10-12,17H2,1H3,(H,18,19). The van der Waals surface area contributed by atoms with Gasteiger partial charge in [-0.05, 0) is 37.1 Å². The van der Waals surface area contributed by atoms with Gasteiger partial charge in [0, 0.05) is 12.6 Å². The first-order valence-electron chi connectivity index (χ1n) is 6.93. The second kappa shape index (κ2) is 7.50. The predicted octanol–water partition coefficient (Wildman–Crippen LogP) is 2.59. The summed E-state index contributed by atoms with van der Waals surface area (Å²) < 4.78 is 5.38. The summed E-state index contributed by atoms with van der Waals surface area (Å²) in [5.41, 5.74) is 8.03. The van der Waals surface area contributed by atoms with Crippen molar-refractivity contribution in [3.05, 3.63) is 53.6 Å². The van der Waals surface area contributed by atoms with E-state index in [0.29, 0.717) is 19.0 Å². The zero-order valence-electron chi connectivity index (χ0n) is 11.8. The summed E-state index contributed by atoms with van der Waals surface area (Å²) in [6.07, 6.45) is 0.922. The van der Waals surface area contributed by atoms with Gasteiger partial charge < -0.3 is 15.8 Å². The molecule has 0 spiro atoms. The second-order valence-electron chi connectivity index (χ2n) is 4.50. The number of benzene rings is 1. The maximum absolute atomic E-state index is 5.54. The minimum absolute atomic E-state index is 0.624. The SMILES string of the molecule is CCOc1cccc(NCc2ccc(CCN)cc2)n1. The Bertz CT molecular complexity index is 526. The molecule has 106 valence electrons. The van der Waals surface area contributed by atoms with Crippen LogP contribution in [0.15, 0.2) is 42.5 Å². The van der Waals surface area contributed by atoms with Crippen LogP contribution in [-0.4, -0.2) is 18.1 Å². The van der Waals surface area contributed by atoms with Gasteiger partial charge in [-0.3, -0.25) is 0 Å².